The zero-order chi connectivity index (χ0) is 25.0. The van der Waals surface area contributed by atoms with Gasteiger partial charge in [0, 0.05) is 29.7 Å². The molecule has 7 heteroatoms. The van der Waals surface area contributed by atoms with Crippen LogP contribution in [0.3, 0.4) is 0 Å². The molecule has 0 aliphatic heterocycles. The Bertz CT molecular complexity index is 1080. The third-order valence-corrected chi connectivity index (χ3v) is 7.06. The molecule has 3 aromatic rings. The second kappa shape index (κ2) is 14.0. The lowest BCUT2D eigenvalue weighted by molar-refractivity contribution is -0.139. The molecule has 0 aliphatic rings. The molecule has 0 aliphatic carbocycles. The Morgan fingerprint density at radius 3 is 2.23 bits per heavy atom. The average Bonchev–Trinajstić information content (AvgIpc) is 2.88. The van der Waals surface area contributed by atoms with Gasteiger partial charge in [-0.25, -0.2) is 0 Å². The quantitative estimate of drug-likeness (QED) is 0.322. The molecular weight excluding hydrogens is 524 g/mol. The van der Waals surface area contributed by atoms with Crippen LogP contribution in [0, 0.1) is 0 Å². The molecule has 0 unspecified atom stereocenters. The van der Waals surface area contributed by atoms with Gasteiger partial charge in [-0.1, -0.05) is 70.5 Å². The smallest absolute Gasteiger partial charge is 0.243 e. The zero-order valence-corrected chi connectivity index (χ0v) is 22.5. The Kier molecular flexibility index (Phi) is 10.7. The fourth-order valence-corrected chi connectivity index (χ4v) is 4.83. The van der Waals surface area contributed by atoms with Crippen molar-refractivity contribution in [1.82, 2.24) is 10.2 Å². The minimum Gasteiger partial charge on any atom is -0.497 e. The first-order valence-electron chi connectivity index (χ1n) is 11.6. The van der Waals surface area contributed by atoms with Crippen molar-refractivity contribution in [2.45, 2.75) is 31.7 Å². The molecule has 0 radical (unpaired) electrons. The van der Waals surface area contributed by atoms with E-state index in [1.54, 1.807) is 23.8 Å². The molecule has 3 aromatic carbocycles. The van der Waals surface area contributed by atoms with Crippen molar-refractivity contribution in [2.24, 2.45) is 0 Å². The number of methoxy groups -OCH3 is 1. The number of carbonyl (C=O) groups is 2. The number of halogens is 1. The third-order valence-electron chi connectivity index (χ3n) is 5.54. The van der Waals surface area contributed by atoms with Crippen LogP contribution >= 0.6 is 27.7 Å². The topological polar surface area (TPSA) is 58.6 Å². The largest absolute Gasteiger partial charge is 0.497 e. The van der Waals surface area contributed by atoms with Crippen molar-refractivity contribution in [2.75, 3.05) is 19.4 Å². The molecule has 5 nitrogen and oxygen atoms in total. The number of ether oxygens (including phenoxy) is 1. The number of hydrogen-bond acceptors (Lipinski definition) is 4. The summed E-state index contributed by atoms with van der Waals surface area (Å²) in [5, 5.41) is 2.93. The lowest BCUT2D eigenvalue weighted by Gasteiger charge is -2.31. The summed E-state index contributed by atoms with van der Waals surface area (Å²) in [6, 6.07) is 24.9. The van der Waals surface area contributed by atoms with Crippen molar-refractivity contribution >= 4 is 39.5 Å². The summed E-state index contributed by atoms with van der Waals surface area (Å²) in [4.78, 5) is 28.4. The van der Waals surface area contributed by atoms with Crippen molar-refractivity contribution in [3.63, 3.8) is 0 Å². The van der Waals surface area contributed by atoms with Gasteiger partial charge in [0.05, 0.1) is 12.9 Å². The lowest BCUT2D eigenvalue weighted by Crippen LogP contribution is -2.51. The molecule has 2 amide bonds. The third kappa shape index (κ3) is 8.44. The van der Waals surface area contributed by atoms with Gasteiger partial charge in [0.25, 0.3) is 0 Å². The summed E-state index contributed by atoms with van der Waals surface area (Å²) >= 11 is 5.01. The first-order chi connectivity index (χ1) is 17.0. The van der Waals surface area contributed by atoms with Crippen molar-refractivity contribution in [3.05, 3.63) is 100 Å². The Labute approximate surface area is 220 Å². The van der Waals surface area contributed by atoms with E-state index >= 15 is 0 Å². The fourth-order valence-electron chi connectivity index (χ4n) is 3.69. The number of likely N-dealkylation sites (N-methyl/N-ethyl adjacent to an activating group) is 1. The van der Waals surface area contributed by atoms with E-state index in [4.69, 9.17) is 4.74 Å². The number of nitrogens with zero attached hydrogens (tertiary/aromatic N) is 1. The average molecular weight is 556 g/mol. The van der Waals surface area contributed by atoms with E-state index in [1.807, 2.05) is 85.8 Å². The SMILES string of the molecule is CCNC(=O)[C@@H](Cc1ccccc1)N(Cc1ccc(Br)cc1)C(=O)CSCc1ccc(OC)cc1. The lowest BCUT2D eigenvalue weighted by atomic mass is 10.0. The molecule has 1 N–H and O–H groups in total. The van der Waals surface area contributed by atoms with Gasteiger partial charge in [0.15, 0.2) is 0 Å². The van der Waals surface area contributed by atoms with Gasteiger partial charge in [-0.05, 0) is 47.9 Å². The van der Waals surface area contributed by atoms with Crippen molar-refractivity contribution in [3.8, 4) is 5.75 Å². The summed E-state index contributed by atoms with van der Waals surface area (Å²) in [5.74, 6) is 1.60. The number of hydrogen-bond donors (Lipinski definition) is 1. The summed E-state index contributed by atoms with van der Waals surface area (Å²) in [6.45, 7) is 2.77. The van der Waals surface area contributed by atoms with Crippen LogP contribution in [-0.4, -0.2) is 42.2 Å². The molecule has 0 spiro atoms. The predicted octanol–water partition coefficient (Wildman–Crippen LogP) is 5.47. The predicted molar refractivity (Wildman–Crippen MR) is 146 cm³/mol. The van der Waals surface area contributed by atoms with Crippen molar-refractivity contribution in [1.29, 1.82) is 0 Å². The van der Waals surface area contributed by atoms with E-state index in [1.165, 1.54) is 0 Å². The molecule has 3 rings (SSSR count). The van der Waals surface area contributed by atoms with Gasteiger partial charge >= 0.3 is 0 Å². The highest BCUT2D eigenvalue weighted by molar-refractivity contribution is 9.10. The van der Waals surface area contributed by atoms with Crippen LogP contribution < -0.4 is 10.1 Å². The fraction of sp³-hybridized carbons (Fsp3) is 0.286. The van der Waals surface area contributed by atoms with E-state index in [2.05, 4.69) is 21.2 Å². The molecule has 0 fully saturated rings. The highest BCUT2D eigenvalue weighted by Crippen LogP contribution is 2.20. The molecule has 0 saturated heterocycles. The van der Waals surface area contributed by atoms with Crippen molar-refractivity contribution < 1.29 is 14.3 Å². The minimum absolute atomic E-state index is 0.0568. The Morgan fingerprint density at radius 1 is 0.943 bits per heavy atom. The zero-order valence-electron chi connectivity index (χ0n) is 20.1. The molecule has 1 atom stereocenters. The van der Waals surface area contributed by atoms with Crippen LogP contribution in [0.4, 0.5) is 0 Å². The van der Waals surface area contributed by atoms with Gasteiger partial charge in [-0.2, -0.15) is 0 Å². The second-order valence-corrected chi connectivity index (χ2v) is 9.99. The van der Waals surface area contributed by atoms with Gasteiger partial charge < -0.3 is 15.0 Å². The summed E-state index contributed by atoms with van der Waals surface area (Å²) in [6.07, 6.45) is 0.456. The Hall–Kier alpha value is -2.77. The normalized spacial score (nSPS) is 11.5. The number of carbonyl (C=O) groups excluding carboxylic acids is 2. The minimum atomic E-state index is -0.602. The summed E-state index contributed by atoms with van der Waals surface area (Å²) in [5.41, 5.74) is 3.11. The summed E-state index contributed by atoms with van der Waals surface area (Å²) in [7, 11) is 1.64. The van der Waals surface area contributed by atoms with E-state index in [0.29, 0.717) is 25.3 Å². The number of thioether (sulfide) groups is 1. The Balaban J connectivity index is 1.79. The van der Waals surface area contributed by atoms with E-state index in [9.17, 15) is 9.59 Å². The van der Waals surface area contributed by atoms with Crippen LogP contribution in [-0.2, 0) is 28.3 Å². The van der Waals surface area contributed by atoms with Crippen LogP contribution in [0.15, 0.2) is 83.3 Å². The number of amides is 2. The summed E-state index contributed by atoms with van der Waals surface area (Å²) < 4.78 is 6.19. The molecule has 0 aromatic heterocycles. The van der Waals surface area contributed by atoms with E-state index in [-0.39, 0.29) is 17.6 Å². The molecule has 0 bridgehead atoms. The standard InChI is InChI=1S/C28H31BrN2O3S/c1-3-30-28(33)26(17-21-7-5-4-6-8-21)31(18-22-9-13-24(29)14-10-22)27(32)20-35-19-23-11-15-25(34-2)16-12-23/h4-16,26H,3,17-20H2,1-2H3,(H,30,33)/t26-/m1/s1. The van der Waals surface area contributed by atoms with E-state index in [0.717, 1.165) is 26.9 Å². The number of benzene rings is 3. The van der Waals surface area contributed by atoms with Gasteiger partial charge in [0.2, 0.25) is 11.8 Å². The Morgan fingerprint density at radius 2 is 1.60 bits per heavy atom. The van der Waals surface area contributed by atoms with Crippen LogP contribution in [0.5, 0.6) is 5.75 Å². The second-order valence-electron chi connectivity index (χ2n) is 8.09. The van der Waals surface area contributed by atoms with Gasteiger partial charge in [0.1, 0.15) is 11.8 Å². The molecule has 0 heterocycles. The van der Waals surface area contributed by atoms with E-state index < -0.39 is 6.04 Å². The molecular formula is C28H31BrN2O3S. The molecule has 35 heavy (non-hydrogen) atoms. The monoisotopic (exact) mass is 554 g/mol. The number of nitrogens with one attached hydrogen (secondary N) is 1. The highest BCUT2D eigenvalue weighted by atomic mass is 79.9. The van der Waals surface area contributed by atoms with Crippen LogP contribution in [0.25, 0.3) is 0 Å². The maximum absolute atomic E-state index is 13.5. The molecule has 184 valence electrons. The van der Waals surface area contributed by atoms with Crippen LogP contribution in [0.1, 0.15) is 23.6 Å². The van der Waals surface area contributed by atoms with Gasteiger partial charge in [-0.15, -0.1) is 11.8 Å². The molecule has 0 saturated carbocycles. The van der Waals surface area contributed by atoms with Crippen LogP contribution in [0.2, 0.25) is 0 Å². The maximum Gasteiger partial charge on any atom is 0.243 e. The van der Waals surface area contributed by atoms with Gasteiger partial charge in [-0.3, -0.25) is 9.59 Å². The first kappa shape index (κ1) is 26.8. The maximum atomic E-state index is 13.5. The number of rotatable bonds is 12. The first-order valence-corrected chi connectivity index (χ1v) is 13.5. The highest BCUT2D eigenvalue weighted by Gasteiger charge is 2.30.